The molecule has 16 heavy (non-hydrogen) atoms. The minimum atomic E-state index is -0.580. The van der Waals surface area contributed by atoms with Gasteiger partial charge in [-0.15, -0.1) is 0 Å². The van der Waals surface area contributed by atoms with Gasteiger partial charge in [0.1, 0.15) is 0 Å². The first-order valence-corrected chi connectivity index (χ1v) is 4.97. The Bertz CT molecular complexity index is 441. The number of nitrogens with zero attached hydrogens (tertiary/aromatic N) is 1. The molecule has 5 nitrogen and oxygen atoms in total. The molecule has 0 amide bonds. The Morgan fingerprint density at radius 3 is 2.44 bits per heavy atom. The van der Waals surface area contributed by atoms with Crippen LogP contribution in [-0.2, 0) is 0 Å². The largest absolute Gasteiger partial charge is 0.380 e. The smallest absolute Gasteiger partial charge is 0.292 e. The summed E-state index contributed by atoms with van der Waals surface area (Å²) in [7, 11) is 0. The lowest BCUT2D eigenvalue weighted by Gasteiger charge is -2.11. The molecule has 0 aromatic heterocycles. The van der Waals surface area contributed by atoms with Crippen LogP contribution < -0.4 is 11.5 Å². The molecule has 0 heterocycles. The van der Waals surface area contributed by atoms with Crippen LogP contribution in [0.4, 0.5) is 0 Å². The summed E-state index contributed by atoms with van der Waals surface area (Å²) < 4.78 is 0. The van der Waals surface area contributed by atoms with Crippen molar-refractivity contribution in [1.82, 2.24) is 0 Å². The number of hydrogen-bond acceptors (Lipinski definition) is 4. The third kappa shape index (κ3) is 2.43. The van der Waals surface area contributed by atoms with Crippen LogP contribution in [0.15, 0.2) is 35.8 Å². The molecule has 1 atom stereocenters. The summed E-state index contributed by atoms with van der Waals surface area (Å²) in [6, 6.07) is 6.87. The fourth-order valence-corrected chi connectivity index (χ4v) is 1.79. The van der Waals surface area contributed by atoms with Gasteiger partial charge in [-0.25, -0.2) is 0 Å². The van der Waals surface area contributed by atoms with E-state index < -0.39 is 10.8 Å². The van der Waals surface area contributed by atoms with Gasteiger partial charge in [0, 0.05) is 5.02 Å². The topological polar surface area (TPSA) is 95.2 Å². The zero-order valence-electron chi connectivity index (χ0n) is 8.68. The van der Waals surface area contributed by atoms with Crippen LogP contribution in [-0.4, -0.2) is 4.92 Å². The van der Waals surface area contributed by atoms with E-state index in [-0.39, 0.29) is 11.5 Å². The molecule has 1 unspecified atom stereocenters. The van der Waals surface area contributed by atoms with Gasteiger partial charge in [0.15, 0.2) is 5.82 Å². The van der Waals surface area contributed by atoms with Crippen LogP contribution in [0.5, 0.6) is 0 Å². The van der Waals surface area contributed by atoms with E-state index in [1.165, 1.54) is 0 Å². The molecule has 1 rings (SSSR count). The maximum Gasteiger partial charge on any atom is 0.292 e. The number of hydrogen-bond donors (Lipinski definition) is 2. The van der Waals surface area contributed by atoms with Crippen molar-refractivity contribution in [2.75, 3.05) is 0 Å². The molecule has 0 aliphatic rings. The predicted molar refractivity (Wildman–Crippen MR) is 62.3 cm³/mol. The number of nitrogens with two attached hydrogens (primary N) is 2. The van der Waals surface area contributed by atoms with Gasteiger partial charge >= 0.3 is 0 Å². The van der Waals surface area contributed by atoms with E-state index in [2.05, 4.69) is 0 Å². The monoisotopic (exact) mass is 241 g/mol. The van der Waals surface area contributed by atoms with Crippen molar-refractivity contribution in [3.05, 3.63) is 56.5 Å². The van der Waals surface area contributed by atoms with Gasteiger partial charge in [0.2, 0.25) is 0 Å². The van der Waals surface area contributed by atoms with Gasteiger partial charge in [-0.1, -0.05) is 29.8 Å². The summed E-state index contributed by atoms with van der Waals surface area (Å²) in [6.07, 6.45) is 0. The van der Waals surface area contributed by atoms with Crippen LogP contribution >= 0.6 is 11.6 Å². The van der Waals surface area contributed by atoms with Crippen molar-refractivity contribution in [3.63, 3.8) is 0 Å². The van der Waals surface area contributed by atoms with E-state index in [4.69, 9.17) is 23.1 Å². The Morgan fingerprint density at radius 1 is 1.44 bits per heavy atom. The molecule has 0 radical (unpaired) electrons. The highest BCUT2D eigenvalue weighted by Gasteiger charge is 2.26. The van der Waals surface area contributed by atoms with Crippen molar-refractivity contribution >= 4 is 11.6 Å². The van der Waals surface area contributed by atoms with Gasteiger partial charge in [-0.3, -0.25) is 10.1 Å². The van der Waals surface area contributed by atoms with Crippen molar-refractivity contribution in [3.8, 4) is 0 Å². The summed E-state index contributed by atoms with van der Waals surface area (Å²) in [5.41, 5.74) is 11.0. The summed E-state index contributed by atoms with van der Waals surface area (Å²) in [6.45, 7) is 1.64. The van der Waals surface area contributed by atoms with E-state index in [0.29, 0.717) is 10.6 Å². The van der Waals surface area contributed by atoms with Crippen molar-refractivity contribution in [2.45, 2.75) is 12.8 Å². The predicted octanol–water partition coefficient (Wildman–Crippen LogP) is 1.81. The van der Waals surface area contributed by atoms with Gasteiger partial charge in [-0.2, -0.15) is 0 Å². The lowest BCUT2D eigenvalue weighted by molar-refractivity contribution is -0.431. The zero-order valence-corrected chi connectivity index (χ0v) is 9.44. The molecule has 86 valence electrons. The van der Waals surface area contributed by atoms with E-state index in [1.807, 2.05) is 0 Å². The first kappa shape index (κ1) is 12.3. The fraction of sp³-hybridized carbons (Fsp3) is 0.200. The van der Waals surface area contributed by atoms with Gasteiger partial charge < -0.3 is 11.5 Å². The molecule has 1 aromatic carbocycles. The molecule has 0 aliphatic heterocycles. The molecule has 6 heteroatoms. The van der Waals surface area contributed by atoms with E-state index in [9.17, 15) is 10.1 Å². The molecule has 0 spiro atoms. The van der Waals surface area contributed by atoms with E-state index >= 15 is 0 Å². The molecule has 0 fully saturated rings. The van der Waals surface area contributed by atoms with Crippen LogP contribution in [0.3, 0.4) is 0 Å². The Labute approximate surface area is 97.8 Å². The molecular formula is C10H12ClN3O2. The molecule has 0 bridgehead atoms. The number of allylic oxidation sites excluding steroid dienone is 1. The van der Waals surface area contributed by atoms with Crippen LogP contribution in [0.2, 0.25) is 5.02 Å². The quantitative estimate of drug-likeness (QED) is 0.623. The minimum absolute atomic E-state index is 0.229. The van der Waals surface area contributed by atoms with Gasteiger partial charge in [0.25, 0.3) is 5.70 Å². The maximum atomic E-state index is 10.8. The average molecular weight is 242 g/mol. The third-order valence-electron chi connectivity index (χ3n) is 2.27. The second-order valence-corrected chi connectivity index (χ2v) is 3.75. The Balaban J connectivity index is 3.21. The molecule has 1 aromatic rings. The number of rotatable bonds is 3. The molecular weight excluding hydrogens is 230 g/mol. The average Bonchev–Trinajstić information content (AvgIpc) is 2.16. The lowest BCUT2D eigenvalue weighted by Crippen LogP contribution is -2.20. The normalized spacial score (nSPS) is 11.9. The van der Waals surface area contributed by atoms with E-state index in [1.54, 1.807) is 31.2 Å². The minimum Gasteiger partial charge on any atom is -0.380 e. The van der Waals surface area contributed by atoms with Crippen molar-refractivity contribution in [2.24, 2.45) is 11.5 Å². The fourth-order valence-electron chi connectivity index (χ4n) is 1.49. The van der Waals surface area contributed by atoms with Crippen LogP contribution in [0.1, 0.15) is 18.4 Å². The second kappa shape index (κ2) is 4.85. The number of benzene rings is 1. The first-order chi connectivity index (χ1) is 7.45. The van der Waals surface area contributed by atoms with Gasteiger partial charge in [0.05, 0.1) is 10.8 Å². The Morgan fingerprint density at radius 2 is 2.00 bits per heavy atom. The number of halogens is 1. The van der Waals surface area contributed by atoms with Crippen LogP contribution in [0.25, 0.3) is 0 Å². The zero-order chi connectivity index (χ0) is 12.3. The van der Waals surface area contributed by atoms with E-state index in [0.717, 1.165) is 0 Å². The summed E-state index contributed by atoms with van der Waals surface area (Å²) in [4.78, 5) is 10.2. The van der Waals surface area contributed by atoms with Crippen molar-refractivity contribution < 1.29 is 4.92 Å². The highest BCUT2D eigenvalue weighted by atomic mass is 35.5. The number of nitro groups is 1. The molecule has 0 saturated carbocycles. The summed E-state index contributed by atoms with van der Waals surface area (Å²) in [5, 5.41) is 11.3. The SMILES string of the molecule is CC(C(=C(N)N)[N+](=O)[O-])c1ccccc1Cl. The lowest BCUT2D eigenvalue weighted by atomic mass is 9.98. The molecule has 0 aliphatic carbocycles. The third-order valence-corrected chi connectivity index (χ3v) is 2.62. The highest BCUT2D eigenvalue weighted by molar-refractivity contribution is 6.31. The van der Waals surface area contributed by atoms with Crippen molar-refractivity contribution in [1.29, 1.82) is 0 Å². The highest BCUT2D eigenvalue weighted by Crippen LogP contribution is 2.30. The first-order valence-electron chi connectivity index (χ1n) is 4.59. The van der Waals surface area contributed by atoms with Crippen LogP contribution in [0, 0.1) is 10.1 Å². The molecule has 0 saturated heterocycles. The van der Waals surface area contributed by atoms with Gasteiger partial charge in [-0.05, 0) is 18.6 Å². The summed E-state index contributed by atoms with van der Waals surface area (Å²) >= 11 is 5.95. The summed E-state index contributed by atoms with van der Waals surface area (Å²) in [5.74, 6) is -0.842. The Hall–Kier alpha value is -1.75. The maximum absolute atomic E-state index is 10.8. The Kier molecular flexibility index (Phi) is 3.73. The molecule has 4 N–H and O–H groups in total. The standard InChI is InChI=1S/C10H12ClN3O2/c1-6(9(10(12)13)14(15)16)7-4-2-3-5-8(7)11/h2-6H,12-13H2,1H3. The second-order valence-electron chi connectivity index (χ2n) is 3.34.